The minimum atomic E-state index is 0.00812. The number of ether oxygens (including phenoxy) is 1. The maximum absolute atomic E-state index is 6.13. The molecule has 3 aliphatic rings. The number of nitrogens with zero attached hydrogens (tertiary/aromatic N) is 4. The summed E-state index contributed by atoms with van der Waals surface area (Å²) in [6.45, 7) is 4.38. The van der Waals surface area contributed by atoms with E-state index in [0.29, 0.717) is 5.41 Å². The molecule has 2 aliphatic carbocycles. The van der Waals surface area contributed by atoms with Crippen LogP contribution in [-0.2, 0) is 0 Å². The Labute approximate surface area is 158 Å². The van der Waals surface area contributed by atoms with Crippen LogP contribution < -0.4 is 9.64 Å². The van der Waals surface area contributed by atoms with Crippen LogP contribution in [0.3, 0.4) is 0 Å². The molecule has 3 heterocycles. The molecule has 1 aliphatic heterocycles. The Morgan fingerprint density at radius 3 is 2.74 bits per heavy atom. The van der Waals surface area contributed by atoms with Crippen molar-refractivity contribution < 1.29 is 4.74 Å². The summed E-state index contributed by atoms with van der Waals surface area (Å²) in [5.41, 5.74) is 3.30. The molecule has 1 saturated heterocycles. The highest BCUT2D eigenvalue weighted by atomic mass is 16.5. The highest BCUT2D eigenvalue weighted by Gasteiger charge is 2.48. The lowest BCUT2D eigenvalue weighted by Crippen LogP contribution is -2.21. The first-order chi connectivity index (χ1) is 13.1. The van der Waals surface area contributed by atoms with Crippen LogP contribution in [0.15, 0.2) is 30.6 Å². The molecule has 2 saturated carbocycles. The summed E-state index contributed by atoms with van der Waals surface area (Å²) in [6, 6.07) is 8.20. The molecule has 3 fully saturated rings. The van der Waals surface area contributed by atoms with Crippen molar-refractivity contribution in [2.45, 2.75) is 44.6 Å². The summed E-state index contributed by atoms with van der Waals surface area (Å²) in [4.78, 5) is 11.4. The number of rotatable bonds is 4. The predicted octanol–water partition coefficient (Wildman–Crippen LogP) is 3.94. The van der Waals surface area contributed by atoms with E-state index in [0.717, 1.165) is 59.8 Å². The molecule has 1 spiro atoms. The van der Waals surface area contributed by atoms with Crippen LogP contribution in [-0.4, -0.2) is 38.9 Å². The number of fused-ring (bicyclic) bond motifs is 1. The molecule has 0 amide bonds. The van der Waals surface area contributed by atoms with Gasteiger partial charge >= 0.3 is 0 Å². The van der Waals surface area contributed by atoms with Gasteiger partial charge in [0.25, 0.3) is 0 Å². The zero-order chi connectivity index (χ0) is 18.1. The molecule has 1 N–H and O–H groups in total. The van der Waals surface area contributed by atoms with Crippen molar-refractivity contribution in [2.75, 3.05) is 18.0 Å². The van der Waals surface area contributed by atoms with Crippen LogP contribution in [0.4, 0.5) is 5.82 Å². The molecular weight excluding hydrogens is 338 g/mol. The van der Waals surface area contributed by atoms with E-state index in [1.165, 1.54) is 19.3 Å². The van der Waals surface area contributed by atoms with Crippen molar-refractivity contribution in [3.05, 3.63) is 30.6 Å². The fraction of sp³-hybridized carbons (Fsp3) is 0.476. The molecule has 0 radical (unpaired) electrons. The molecule has 6 heteroatoms. The largest absolute Gasteiger partial charge is 0.488 e. The summed E-state index contributed by atoms with van der Waals surface area (Å²) in [7, 11) is 0. The van der Waals surface area contributed by atoms with Gasteiger partial charge in [-0.2, -0.15) is 5.10 Å². The van der Waals surface area contributed by atoms with Gasteiger partial charge in [-0.1, -0.05) is 0 Å². The number of hydrogen-bond acceptors (Lipinski definition) is 5. The second kappa shape index (κ2) is 5.21. The third kappa shape index (κ3) is 2.66. The molecule has 0 atom stereocenters. The zero-order valence-corrected chi connectivity index (χ0v) is 15.5. The maximum atomic E-state index is 6.13. The van der Waals surface area contributed by atoms with Gasteiger partial charge < -0.3 is 9.64 Å². The number of anilines is 1. The van der Waals surface area contributed by atoms with Gasteiger partial charge in [0.05, 0.1) is 11.2 Å². The molecule has 0 bridgehead atoms. The lowest BCUT2D eigenvalue weighted by atomic mass is 10.1. The fourth-order valence-electron chi connectivity index (χ4n) is 4.18. The Kier molecular flexibility index (Phi) is 2.98. The van der Waals surface area contributed by atoms with Gasteiger partial charge in [-0.05, 0) is 62.6 Å². The Morgan fingerprint density at radius 1 is 1.07 bits per heavy atom. The first-order valence-electron chi connectivity index (χ1n) is 9.86. The number of hydrogen-bond donors (Lipinski definition) is 1. The van der Waals surface area contributed by atoms with Gasteiger partial charge in [-0.15, -0.1) is 0 Å². The van der Waals surface area contributed by atoms with Crippen molar-refractivity contribution in [1.29, 1.82) is 0 Å². The van der Waals surface area contributed by atoms with E-state index in [2.05, 4.69) is 44.1 Å². The highest BCUT2D eigenvalue weighted by Crippen LogP contribution is 2.53. The first-order valence-corrected chi connectivity index (χ1v) is 9.86. The van der Waals surface area contributed by atoms with Crippen molar-refractivity contribution in [3.63, 3.8) is 0 Å². The molecule has 27 heavy (non-hydrogen) atoms. The fourth-order valence-corrected chi connectivity index (χ4v) is 4.18. The molecule has 3 aromatic rings. The molecule has 138 valence electrons. The summed E-state index contributed by atoms with van der Waals surface area (Å²) < 4.78 is 6.13. The second-order valence-electron chi connectivity index (χ2n) is 8.76. The maximum Gasteiger partial charge on any atom is 0.132 e. The lowest BCUT2D eigenvalue weighted by Gasteiger charge is -2.17. The Hall–Kier alpha value is -2.63. The van der Waals surface area contributed by atoms with Crippen molar-refractivity contribution in [3.8, 4) is 17.1 Å². The summed E-state index contributed by atoms with van der Waals surface area (Å²) in [6.07, 6.45) is 7.93. The van der Waals surface area contributed by atoms with Gasteiger partial charge in [-0.3, -0.25) is 5.10 Å². The Balaban J connectivity index is 1.35. The molecule has 2 aromatic heterocycles. The summed E-state index contributed by atoms with van der Waals surface area (Å²) in [5, 5.41) is 8.71. The zero-order valence-electron chi connectivity index (χ0n) is 15.5. The van der Waals surface area contributed by atoms with Gasteiger partial charge in [-0.25, -0.2) is 9.97 Å². The van der Waals surface area contributed by atoms with Crippen LogP contribution >= 0.6 is 0 Å². The minimum Gasteiger partial charge on any atom is -0.488 e. The monoisotopic (exact) mass is 361 g/mol. The second-order valence-corrected chi connectivity index (χ2v) is 8.76. The van der Waals surface area contributed by atoms with E-state index >= 15 is 0 Å². The summed E-state index contributed by atoms with van der Waals surface area (Å²) >= 11 is 0. The van der Waals surface area contributed by atoms with Crippen LogP contribution in [0, 0.1) is 5.41 Å². The minimum absolute atomic E-state index is 0.00812. The third-order valence-electron chi connectivity index (χ3n) is 6.47. The van der Waals surface area contributed by atoms with E-state index in [4.69, 9.17) is 4.74 Å². The predicted molar refractivity (Wildman–Crippen MR) is 104 cm³/mol. The van der Waals surface area contributed by atoms with Crippen LogP contribution in [0.2, 0.25) is 0 Å². The lowest BCUT2D eigenvalue weighted by molar-refractivity contribution is 0.200. The van der Waals surface area contributed by atoms with Gasteiger partial charge in [0.15, 0.2) is 0 Å². The van der Waals surface area contributed by atoms with Gasteiger partial charge in [0, 0.05) is 24.5 Å². The van der Waals surface area contributed by atoms with Crippen molar-refractivity contribution in [2.24, 2.45) is 5.41 Å². The number of aromatic amines is 1. The van der Waals surface area contributed by atoms with Crippen molar-refractivity contribution >= 4 is 16.7 Å². The van der Waals surface area contributed by atoms with Crippen LogP contribution in [0.1, 0.15) is 39.0 Å². The first kappa shape index (κ1) is 15.4. The highest BCUT2D eigenvalue weighted by molar-refractivity contribution is 5.93. The van der Waals surface area contributed by atoms with E-state index < -0.39 is 0 Å². The number of aromatic nitrogens is 4. The van der Waals surface area contributed by atoms with E-state index in [1.807, 2.05) is 12.1 Å². The molecule has 0 unspecified atom stereocenters. The topological polar surface area (TPSA) is 66.9 Å². The van der Waals surface area contributed by atoms with Gasteiger partial charge in [0.1, 0.15) is 29.2 Å². The smallest absolute Gasteiger partial charge is 0.132 e. The van der Waals surface area contributed by atoms with Crippen molar-refractivity contribution in [1.82, 2.24) is 20.2 Å². The number of benzene rings is 1. The molecule has 6 nitrogen and oxygen atoms in total. The average Bonchev–Trinajstić information content (AvgIpc) is 3.48. The van der Waals surface area contributed by atoms with E-state index in [-0.39, 0.29) is 5.60 Å². The third-order valence-corrected chi connectivity index (χ3v) is 6.47. The normalized spacial score (nSPS) is 21.7. The summed E-state index contributed by atoms with van der Waals surface area (Å²) in [5.74, 6) is 1.91. The molecule has 6 rings (SSSR count). The Bertz CT molecular complexity index is 1030. The number of H-pyrrole nitrogens is 1. The van der Waals surface area contributed by atoms with Gasteiger partial charge in [0.2, 0.25) is 0 Å². The quantitative estimate of drug-likeness (QED) is 0.762. The van der Waals surface area contributed by atoms with E-state index in [1.54, 1.807) is 6.33 Å². The van der Waals surface area contributed by atoms with Crippen LogP contribution in [0.5, 0.6) is 5.75 Å². The standard InChI is InChI=1S/C21H23N5O/c1-20(4-5-20)27-14-2-3-16-15(10-14)19(25-24-16)17-11-18(23-13-22-17)26-9-8-21(12-26)6-7-21/h2-3,10-11,13H,4-9,12H2,1H3,(H,24,25). The molecule has 1 aromatic carbocycles. The Morgan fingerprint density at radius 2 is 1.96 bits per heavy atom. The average molecular weight is 361 g/mol. The SMILES string of the molecule is CC1(Oc2ccc3[nH]nc(-c4cc(N5CCC6(CC6)C5)ncn4)c3c2)CC1. The molecular formula is C21H23N5O. The van der Waals surface area contributed by atoms with E-state index in [9.17, 15) is 0 Å². The number of nitrogens with one attached hydrogen (secondary N) is 1. The van der Waals surface area contributed by atoms with Crippen LogP contribution in [0.25, 0.3) is 22.3 Å².